The third kappa shape index (κ3) is 4.24. The summed E-state index contributed by atoms with van der Waals surface area (Å²) in [5, 5.41) is 3.01. The lowest BCUT2D eigenvalue weighted by Gasteiger charge is -2.36. The largest absolute Gasteiger partial charge is 0.497 e. The summed E-state index contributed by atoms with van der Waals surface area (Å²) in [4.78, 5) is 16.7. The highest BCUT2D eigenvalue weighted by molar-refractivity contribution is 5.89. The Morgan fingerprint density at radius 1 is 1.00 bits per heavy atom. The van der Waals surface area contributed by atoms with Crippen LogP contribution in [0.5, 0.6) is 5.75 Å². The van der Waals surface area contributed by atoms with Gasteiger partial charge in [0, 0.05) is 43.6 Å². The monoisotopic (exact) mass is 339 g/mol. The van der Waals surface area contributed by atoms with E-state index in [0.29, 0.717) is 13.1 Å². The molecule has 1 heterocycles. The second-order valence-electron chi connectivity index (χ2n) is 6.48. The number of rotatable bonds is 3. The summed E-state index contributed by atoms with van der Waals surface area (Å²) in [5.41, 5.74) is 4.29. The summed E-state index contributed by atoms with van der Waals surface area (Å²) in [6.07, 6.45) is 0. The number of aryl methyl sites for hydroxylation is 2. The van der Waals surface area contributed by atoms with Crippen LogP contribution in [0.2, 0.25) is 0 Å². The van der Waals surface area contributed by atoms with Crippen molar-refractivity contribution >= 4 is 17.4 Å². The minimum Gasteiger partial charge on any atom is -0.497 e. The van der Waals surface area contributed by atoms with Gasteiger partial charge in [-0.2, -0.15) is 0 Å². The first kappa shape index (κ1) is 17.1. The van der Waals surface area contributed by atoms with Gasteiger partial charge in [-0.05, 0) is 49.2 Å². The van der Waals surface area contributed by atoms with E-state index in [4.69, 9.17) is 4.74 Å². The van der Waals surface area contributed by atoms with Gasteiger partial charge in [-0.15, -0.1) is 0 Å². The van der Waals surface area contributed by atoms with Crippen LogP contribution in [0, 0.1) is 13.8 Å². The van der Waals surface area contributed by atoms with Crippen molar-refractivity contribution in [1.82, 2.24) is 4.90 Å². The van der Waals surface area contributed by atoms with Gasteiger partial charge in [-0.25, -0.2) is 4.79 Å². The number of hydrogen-bond acceptors (Lipinski definition) is 3. The van der Waals surface area contributed by atoms with Crippen LogP contribution in [0.1, 0.15) is 11.1 Å². The lowest BCUT2D eigenvalue weighted by molar-refractivity contribution is 0.208. The van der Waals surface area contributed by atoms with Crippen molar-refractivity contribution in [2.45, 2.75) is 13.8 Å². The molecule has 0 radical (unpaired) electrons. The highest BCUT2D eigenvalue weighted by Gasteiger charge is 2.21. The minimum atomic E-state index is -0.0321. The summed E-state index contributed by atoms with van der Waals surface area (Å²) in [5.74, 6) is 0.854. The Balaban J connectivity index is 1.58. The van der Waals surface area contributed by atoms with Gasteiger partial charge in [0.1, 0.15) is 5.75 Å². The number of nitrogens with one attached hydrogen (secondary N) is 1. The molecule has 0 bridgehead atoms. The third-order valence-corrected chi connectivity index (χ3v) is 4.46. The maximum Gasteiger partial charge on any atom is 0.321 e. The summed E-state index contributed by atoms with van der Waals surface area (Å²) in [6.45, 7) is 7.10. The molecule has 0 atom stereocenters. The lowest BCUT2D eigenvalue weighted by Crippen LogP contribution is -2.50. The molecule has 3 rings (SSSR count). The van der Waals surface area contributed by atoms with Crippen molar-refractivity contribution in [2.24, 2.45) is 0 Å². The number of anilines is 2. The molecule has 0 spiro atoms. The van der Waals surface area contributed by atoms with Crippen molar-refractivity contribution in [3.05, 3.63) is 53.6 Å². The van der Waals surface area contributed by atoms with Crippen molar-refractivity contribution in [3.63, 3.8) is 0 Å². The predicted molar refractivity (Wildman–Crippen MR) is 102 cm³/mol. The van der Waals surface area contributed by atoms with E-state index in [-0.39, 0.29) is 6.03 Å². The molecule has 0 saturated carbocycles. The van der Waals surface area contributed by atoms with Gasteiger partial charge >= 0.3 is 6.03 Å². The number of methoxy groups -OCH3 is 1. The summed E-state index contributed by atoms with van der Waals surface area (Å²) in [7, 11) is 1.67. The fraction of sp³-hybridized carbons (Fsp3) is 0.350. The lowest BCUT2D eigenvalue weighted by atomic mass is 10.1. The molecule has 1 saturated heterocycles. The van der Waals surface area contributed by atoms with Gasteiger partial charge in [0.05, 0.1) is 7.11 Å². The molecule has 1 aliphatic heterocycles. The first-order valence-corrected chi connectivity index (χ1v) is 8.58. The summed E-state index contributed by atoms with van der Waals surface area (Å²) >= 11 is 0. The normalized spacial score (nSPS) is 14.4. The molecule has 2 amide bonds. The second-order valence-corrected chi connectivity index (χ2v) is 6.48. The quantitative estimate of drug-likeness (QED) is 0.928. The van der Waals surface area contributed by atoms with Gasteiger partial charge in [0.15, 0.2) is 0 Å². The van der Waals surface area contributed by atoms with Gasteiger partial charge < -0.3 is 19.9 Å². The van der Waals surface area contributed by atoms with Crippen LogP contribution in [-0.2, 0) is 0 Å². The molecule has 2 aromatic carbocycles. The van der Waals surface area contributed by atoms with Crippen LogP contribution in [-0.4, -0.2) is 44.2 Å². The molecule has 0 aliphatic carbocycles. The van der Waals surface area contributed by atoms with E-state index in [1.165, 1.54) is 0 Å². The molecule has 132 valence electrons. The molecule has 0 unspecified atom stereocenters. The van der Waals surface area contributed by atoms with E-state index in [0.717, 1.165) is 41.3 Å². The molecular formula is C20H25N3O2. The van der Waals surface area contributed by atoms with Crippen LogP contribution >= 0.6 is 0 Å². The van der Waals surface area contributed by atoms with E-state index in [2.05, 4.69) is 22.3 Å². The van der Waals surface area contributed by atoms with E-state index in [1.807, 2.05) is 49.1 Å². The molecule has 25 heavy (non-hydrogen) atoms. The average Bonchev–Trinajstić information content (AvgIpc) is 2.61. The van der Waals surface area contributed by atoms with E-state index in [9.17, 15) is 4.79 Å². The average molecular weight is 339 g/mol. The SMILES string of the molecule is COc1cccc(N2CCN(C(=O)Nc3cc(C)cc(C)c3)CC2)c1. The number of ether oxygens (including phenoxy) is 1. The van der Waals surface area contributed by atoms with Gasteiger partial charge in [0.2, 0.25) is 0 Å². The number of carbonyl (C=O) groups is 1. The van der Waals surface area contributed by atoms with Crippen LogP contribution in [0.25, 0.3) is 0 Å². The zero-order valence-corrected chi connectivity index (χ0v) is 15.1. The van der Waals surface area contributed by atoms with Crippen LogP contribution in [0.3, 0.4) is 0 Å². The molecule has 1 aliphatic rings. The molecule has 1 N–H and O–H groups in total. The number of piperazine rings is 1. The van der Waals surface area contributed by atoms with E-state index in [1.54, 1.807) is 7.11 Å². The molecule has 0 aromatic heterocycles. The zero-order valence-electron chi connectivity index (χ0n) is 15.1. The Labute approximate surface area is 149 Å². The highest BCUT2D eigenvalue weighted by Crippen LogP contribution is 2.22. The highest BCUT2D eigenvalue weighted by atomic mass is 16.5. The van der Waals surface area contributed by atoms with Crippen molar-refractivity contribution in [1.29, 1.82) is 0 Å². The topological polar surface area (TPSA) is 44.8 Å². The van der Waals surface area contributed by atoms with Crippen LogP contribution in [0.4, 0.5) is 16.2 Å². The standard InChI is InChI=1S/C20H25N3O2/c1-15-11-16(2)13-17(12-15)21-20(24)23-9-7-22(8-10-23)18-5-4-6-19(14-18)25-3/h4-6,11-14H,7-10H2,1-3H3,(H,21,24). The smallest absolute Gasteiger partial charge is 0.321 e. The fourth-order valence-electron chi connectivity index (χ4n) is 3.22. The van der Waals surface area contributed by atoms with Crippen molar-refractivity contribution in [2.75, 3.05) is 43.5 Å². The van der Waals surface area contributed by atoms with Crippen LogP contribution in [0.15, 0.2) is 42.5 Å². The maximum atomic E-state index is 12.5. The van der Waals surface area contributed by atoms with Gasteiger partial charge in [0.25, 0.3) is 0 Å². The summed E-state index contributed by atoms with van der Waals surface area (Å²) < 4.78 is 5.29. The Morgan fingerprint density at radius 2 is 1.68 bits per heavy atom. The molecular weight excluding hydrogens is 314 g/mol. The first-order chi connectivity index (χ1) is 12.0. The Bertz CT molecular complexity index is 732. The van der Waals surface area contributed by atoms with Gasteiger partial charge in [-0.1, -0.05) is 12.1 Å². The number of nitrogens with zero attached hydrogens (tertiary/aromatic N) is 2. The molecule has 2 aromatic rings. The number of hydrogen-bond donors (Lipinski definition) is 1. The molecule has 5 nitrogen and oxygen atoms in total. The minimum absolute atomic E-state index is 0.0321. The van der Waals surface area contributed by atoms with Gasteiger partial charge in [-0.3, -0.25) is 0 Å². The fourth-order valence-corrected chi connectivity index (χ4v) is 3.22. The zero-order chi connectivity index (χ0) is 17.8. The Morgan fingerprint density at radius 3 is 2.32 bits per heavy atom. The molecule has 5 heteroatoms. The Hall–Kier alpha value is -2.69. The molecule has 1 fully saturated rings. The Kier molecular flexibility index (Phi) is 5.12. The van der Waals surface area contributed by atoms with Crippen molar-refractivity contribution in [3.8, 4) is 5.75 Å². The number of carbonyl (C=O) groups excluding carboxylic acids is 1. The van der Waals surface area contributed by atoms with Crippen LogP contribution < -0.4 is 15.0 Å². The number of amides is 2. The maximum absolute atomic E-state index is 12.5. The predicted octanol–water partition coefficient (Wildman–Crippen LogP) is 3.67. The first-order valence-electron chi connectivity index (χ1n) is 8.58. The van der Waals surface area contributed by atoms with Crippen molar-refractivity contribution < 1.29 is 9.53 Å². The summed E-state index contributed by atoms with van der Waals surface area (Å²) in [6, 6.07) is 14.1. The van der Waals surface area contributed by atoms with E-state index < -0.39 is 0 Å². The third-order valence-electron chi connectivity index (χ3n) is 4.46. The van der Waals surface area contributed by atoms with E-state index >= 15 is 0 Å². The number of benzene rings is 2. The second kappa shape index (κ2) is 7.47. The number of urea groups is 1.